The Kier molecular flexibility index (Phi) is 7.75. The molecule has 0 amide bonds. The molecule has 0 fully saturated rings. The third kappa shape index (κ3) is 6.92. The zero-order chi connectivity index (χ0) is 17.2. The van der Waals surface area contributed by atoms with Crippen molar-refractivity contribution in [2.45, 2.75) is 33.6 Å². The van der Waals surface area contributed by atoms with Crippen molar-refractivity contribution in [3.05, 3.63) is 65.3 Å². The average molecular weight is 312 g/mol. The zero-order valence-corrected chi connectivity index (χ0v) is 14.1. The summed E-state index contributed by atoms with van der Waals surface area (Å²) in [6.07, 6.45) is 7.56. The molecule has 0 bridgehead atoms. The number of esters is 1. The third-order valence-electron chi connectivity index (χ3n) is 3.33. The second kappa shape index (κ2) is 9.57. The number of rotatable bonds is 8. The Labute approximate surface area is 138 Å². The maximum atomic E-state index is 11.9. The van der Waals surface area contributed by atoms with Crippen LogP contribution in [0.4, 0.5) is 0 Å². The van der Waals surface area contributed by atoms with Gasteiger partial charge in [-0.1, -0.05) is 54.1 Å². The fraction of sp³-hybridized carbons (Fsp3) is 0.300. The van der Waals surface area contributed by atoms with E-state index in [1.165, 1.54) is 5.57 Å². The predicted molar refractivity (Wildman–Crippen MR) is 94.2 cm³/mol. The monoisotopic (exact) mass is 312 g/mol. The molecule has 0 unspecified atom stereocenters. The number of hydrogen-bond donors (Lipinski definition) is 0. The average Bonchev–Trinajstić information content (AvgIpc) is 2.53. The Bertz CT molecular complexity index is 615. The number of carbonyl (C=O) groups excluding carboxylic acids is 2. The largest absolute Gasteiger partial charge is 0.455 e. The van der Waals surface area contributed by atoms with Crippen LogP contribution in [0.5, 0.6) is 0 Å². The topological polar surface area (TPSA) is 43.4 Å². The van der Waals surface area contributed by atoms with Gasteiger partial charge in [-0.15, -0.1) is 0 Å². The minimum atomic E-state index is -0.829. The summed E-state index contributed by atoms with van der Waals surface area (Å²) in [5.41, 5.74) is 3.64. The Hall–Kier alpha value is -2.42. The summed E-state index contributed by atoms with van der Waals surface area (Å²) in [6, 6.07) is 6.67. The molecule has 0 heterocycles. The van der Waals surface area contributed by atoms with E-state index < -0.39 is 11.8 Å². The molecule has 0 spiro atoms. The van der Waals surface area contributed by atoms with Crippen molar-refractivity contribution >= 4 is 17.8 Å². The van der Waals surface area contributed by atoms with Crippen LogP contribution in [0, 0.1) is 0 Å². The fourth-order valence-electron chi connectivity index (χ4n) is 1.90. The van der Waals surface area contributed by atoms with Crippen LogP contribution in [-0.2, 0) is 9.53 Å². The van der Waals surface area contributed by atoms with Crippen molar-refractivity contribution in [3.8, 4) is 0 Å². The molecule has 0 atom stereocenters. The van der Waals surface area contributed by atoms with Crippen LogP contribution in [0.15, 0.2) is 54.1 Å². The summed E-state index contributed by atoms with van der Waals surface area (Å²) < 4.78 is 5.01. The Morgan fingerprint density at radius 1 is 1.09 bits per heavy atom. The van der Waals surface area contributed by atoms with E-state index in [-0.39, 0.29) is 6.61 Å². The van der Waals surface area contributed by atoms with Crippen molar-refractivity contribution < 1.29 is 14.3 Å². The highest BCUT2D eigenvalue weighted by atomic mass is 16.5. The number of benzene rings is 1. The SMILES string of the molecule is C=Cc1ccc(C(=O)C(=O)OCC=C(C)CCC=C(C)C)cc1. The molecule has 3 nitrogen and oxygen atoms in total. The molecule has 0 radical (unpaired) electrons. The maximum Gasteiger partial charge on any atom is 0.379 e. The first-order valence-electron chi connectivity index (χ1n) is 7.67. The number of Topliss-reactive ketones (excluding diaryl/α,β-unsaturated/α-hetero) is 1. The van der Waals surface area contributed by atoms with Crippen LogP contribution in [-0.4, -0.2) is 18.4 Å². The molecule has 0 aromatic heterocycles. The minimum absolute atomic E-state index is 0.121. The van der Waals surface area contributed by atoms with Gasteiger partial charge in [0.25, 0.3) is 5.78 Å². The number of ether oxygens (including phenoxy) is 1. The van der Waals surface area contributed by atoms with Crippen LogP contribution in [0.25, 0.3) is 6.08 Å². The highest BCUT2D eigenvalue weighted by Crippen LogP contribution is 2.08. The number of hydrogen-bond acceptors (Lipinski definition) is 3. The molecule has 0 N–H and O–H groups in total. The third-order valence-corrected chi connectivity index (χ3v) is 3.33. The van der Waals surface area contributed by atoms with Gasteiger partial charge in [-0.05, 0) is 45.3 Å². The van der Waals surface area contributed by atoms with Crippen molar-refractivity contribution in [2.75, 3.05) is 6.61 Å². The van der Waals surface area contributed by atoms with Crippen molar-refractivity contribution in [1.29, 1.82) is 0 Å². The lowest BCUT2D eigenvalue weighted by atomic mass is 10.1. The van der Waals surface area contributed by atoms with Gasteiger partial charge in [0.2, 0.25) is 0 Å². The maximum absolute atomic E-state index is 11.9. The molecule has 1 rings (SSSR count). The Morgan fingerprint density at radius 3 is 2.30 bits per heavy atom. The molecule has 0 aliphatic rings. The summed E-state index contributed by atoms with van der Waals surface area (Å²) in [5.74, 6) is -1.46. The number of allylic oxidation sites excluding steroid dienone is 3. The Balaban J connectivity index is 2.47. The molecule has 122 valence electrons. The summed E-state index contributed by atoms with van der Waals surface area (Å²) in [6.45, 7) is 9.88. The van der Waals surface area contributed by atoms with Crippen LogP contribution in [0.1, 0.15) is 49.5 Å². The zero-order valence-electron chi connectivity index (χ0n) is 14.1. The van der Waals surface area contributed by atoms with Gasteiger partial charge in [0.05, 0.1) is 0 Å². The van der Waals surface area contributed by atoms with E-state index in [0.717, 1.165) is 24.0 Å². The van der Waals surface area contributed by atoms with Gasteiger partial charge < -0.3 is 4.74 Å². The number of carbonyl (C=O) groups is 2. The summed E-state index contributed by atoms with van der Waals surface area (Å²) in [4.78, 5) is 23.7. The van der Waals surface area contributed by atoms with Crippen molar-refractivity contribution in [2.24, 2.45) is 0 Å². The first kappa shape index (κ1) is 18.6. The van der Waals surface area contributed by atoms with Gasteiger partial charge >= 0.3 is 5.97 Å². The van der Waals surface area contributed by atoms with Crippen LogP contribution < -0.4 is 0 Å². The quantitative estimate of drug-likeness (QED) is 0.301. The van der Waals surface area contributed by atoms with Gasteiger partial charge in [-0.2, -0.15) is 0 Å². The summed E-state index contributed by atoms with van der Waals surface area (Å²) >= 11 is 0. The van der Waals surface area contributed by atoms with Gasteiger partial charge in [0, 0.05) is 5.56 Å². The van der Waals surface area contributed by atoms with Crippen molar-refractivity contribution in [1.82, 2.24) is 0 Å². The van der Waals surface area contributed by atoms with E-state index in [2.05, 4.69) is 26.5 Å². The van der Waals surface area contributed by atoms with Gasteiger partial charge in [-0.3, -0.25) is 4.79 Å². The van der Waals surface area contributed by atoms with Crippen LogP contribution in [0.2, 0.25) is 0 Å². The molecule has 23 heavy (non-hydrogen) atoms. The highest BCUT2D eigenvalue weighted by molar-refractivity contribution is 6.40. The second-order valence-corrected chi connectivity index (χ2v) is 5.62. The van der Waals surface area contributed by atoms with Crippen molar-refractivity contribution in [3.63, 3.8) is 0 Å². The minimum Gasteiger partial charge on any atom is -0.455 e. The molecule has 1 aromatic rings. The van der Waals surface area contributed by atoms with E-state index in [0.29, 0.717) is 5.56 Å². The fourth-order valence-corrected chi connectivity index (χ4v) is 1.90. The van der Waals surface area contributed by atoms with Crippen LogP contribution >= 0.6 is 0 Å². The lowest BCUT2D eigenvalue weighted by molar-refractivity contribution is -0.136. The first-order valence-corrected chi connectivity index (χ1v) is 7.67. The van der Waals surface area contributed by atoms with E-state index in [9.17, 15) is 9.59 Å². The lowest BCUT2D eigenvalue weighted by Gasteiger charge is -2.03. The normalized spacial score (nSPS) is 10.8. The smallest absolute Gasteiger partial charge is 0.379 e. The number of ketones is 1. The first-order chi connectivity index (χ1) is 10.9. The van der Waals surface area contributed by atoms with E-state index in [4.69, 9.17) is 4.74 Å². The predicted octanol–water partition coefficient (Wildman–Crippen LogP) is 4.75. The molecule has 3 heteroatoms. The highest BCUT2D eigenvalue weighted by Gasteiger charge is 2.17. The molecular formula is C20H24O3. The second-order valence-electron chi connectivity index (χ2n) is 5.62. The van der Waals surface area contributed by atoms with Crippen LogP contribution in [0.3, 0.4) is 0 Å². The molecule has 0 saturated carbocycles. The molecular weight excluding hydrogens is 288 g/mol. The molecule has 0 saturated heterocycles. The van der Waals surface area contributed by atoms with Gasteiger partial charge in [0.15, 0.2) is 0 Å². The summed E-state index contributed by atoms with van der Waals surface area (Å²) in [5, 5.41) is 0. The van der Waals surface area contributed by atoms with Gasteiger partial charge in [0.1, 0.15) is 6.61 Å². The van der Waals surface area contributed by atoms with E-state index >= 15 is 0 Å². The van der Waals surface area contributed by atoms with E-state index in [1.807, 2.05) is 13.0 Å². The Morgan fingerprint density at radius 2 is 1.74 bits per heavy atom. The molecule has 0 aliphatic carbocycles. The summed E-state index contributed by atoms with van der Waals surface area (Å²) in [7, 11) is 0. The lowest BCUT2D eigenvalue weighted by Crippen LogP contribution is -2.17. The molecule has 0 aliphatic heterocycles. The van der Waals surface area contributed by atoms with Gasteiger partial charge in [-0.25, -0.2) is 4.79 Å². The standard InChI is InChI=1S/C20H24O3/c1-5-17-9-11-18(12-10-17)19(21)20(22)23-14-13-16(4)8-6-7-15(2)3/h5,7,9-13H,1,6,8,14H2,2-4H3. The van der Waals surface area contributed by atoms with E-state index in [1.54, 1.807) is 30.3 Å². The molecule has 1 aromatic carbocycles.